The Morgan fingerprint density at radius 1 is 1.14 bits per heavy atom. The van der Waals surface area contributed by atoms with Crippen molar-refractivity contribution in [2.24, 2.45) is 17.8 Å². The summed E-state index contributed by atoms with van der Waals surface area (Å²) in [7, 11) is -3.89. The second kappa shape index (κ2) is 14.1. The van der Waals surface area contributed by atoms with Crippen molar-refractivity contribution in [3.63, 3.8) is 0 Å². The van der Waals surface area contributed by atoms with Crippen LogP contribution >= 0.6 is 0 Å². The van der Waals surface area contributed by atoms with Gasteiger partial charge in [0.2, 0.25) is 27.7 Å². The third kappa shape index (κ3) is 7.52. The first-order valence-electron chi connectivity index (χ1n) is 17.3. The standard InChI is InChI=1S/C35H45N5O9S/c1-4-48-24-9-12-27-22(16-24)13-14-36-31(27)49-25-17-28-30(41)38-35(33(43)39-50(46,47)26-10-11-26)18-23(35)8-6-5-7-20(2)15-21(3)29(37-34(44)45)32(42)40(28)19-25/h6,8-9,12-14,16,20-21,23,25-26,28-29,37H,4-5,7,10-11,15,17-19H2,1-3H3,(H,38,41)(H,39,43)(H,44,45)/t20-,21+,23+,25+,28-,29-,35+/m0/s1. The topological polar surface area (TPSA) is 193 Å². The maximum Gasteiger partial charge on any atom is 0.405 e. The van der Waals surface area contributed by atoms with Crippen LogP contribution in [0, 0.1) is 17.8 Å². The van der Waals surface area contributed by atoms with E-state index in [4.69, 9.17) is 9.47 Å². The van der Waals surface area contributed by atoms with Crippen molar-refractivity contribution in [2.75, 3.05) is 13.2 Å². The number of allylic oxidation sites excluding steroid dienone is 1. The molecule has 270 valence electrons. The number of ether oxygens (including phenoxy) is 2. The maximum absolute atomic E-state index is 14.3. The number of amides is 4. The number of aromatic nitrogens is 1. The van der Waals surface area contributed by atoms with Gasteiger partial charge in [-0.05, 0) is 86.9 Å². The molecule has 4 N–H and O–H groups in total. The molecule has 2 aliphatic heterocycles. The molecule has 2 aliphatic carbocycles. The number of sulfonamides is 1. The summed E-state index contributed by atoms with van der Waals surface area (Å²) < 4.78 is 39.7. The SMILES string of the molecule is CCOc1ccc2c(O[C@@H]3C[C@H]4C(=O)N[C@]5(C(=O)NS(=O)(=O)C6CC6)C[C@H]5C=CCC[C@H](C)C[C@@H](C)[C@H](NC(=O)O)C(=O)N4C3)nccc2c1. The van der Waals surface area contributed by atoms with Gasteiger partial charge in [-0.2, -0.15) is 0 Å². The Bertz CT molecular complexity index is 1800. The van der Waals surface area contributed by atoms with Gasteiger partial charge in [0.05, 0.1) is 18.4 Å². The van der Waals surface area contributed by atoms with Gasteiger partial charge in [-0.1, -0.05) is 26.0 Å². The van der Waals surface area contributed by atoms with E-state index < -0.39 is 74.7 Å². The summed E-state index contributed by atoms with van der Waals surface area (Å²) in [6.07, 6.45) is 6.39. The smallest absolute Gasteiger partial charge is 0.405 e. The molecule has 4 amide bonds. The minimum absolute atomic E-state index is 0.0236. The zero-order valence-electron chi connectivity index (χ0n) is 28.5. The van der Waals surface area contributed by atoms with Gasteiger partial charge in [-0.25, -0.2) is 18.2 Å². The lowest BCUT2D eigenvalue weighted by Crippen LogP contribution is -2.59. The maximum atomic E-state index is 14.3. The Balaban J connectivity index is 1.32. The predicted octanol–water partition coefficient (Wildman–Crippen LogP) is 3.11. The van der Waals surface area contributed by atoms with E-state index in [1.807, 2.05) is 51.1 Å². The van der Waals surface area contributed by atoms with Crippen LogP contribution in [-0.4, -0.2) is 89.4 Å². The number of rotatable bonds is 8. The molecule has 14 nitrogen and oxygen atoms in total. The molecule has 1 saturated heterocycles. The van der Waals surface area contributed by atoms with Crippen molar-refractivity contribution < 1.29 is 42.2 Å². The summed E-state index contributed by atoms with van der Waals surface area (Å²) in [4.78, 5) is 59.9. The van der Waals surface area contributed by atoms with Gasteiger partial charge in [0.15, 0.2) is 0 Å². The van der Waals surface area contributed by atoms with Gasteiger partial charge in [-0.3, -0.25) is 19.1 Å². The number of hydrogen-bond acceptors (Lipinski definition) is 9. The molecule has 7 atom stereocenters. The van der Waals surface area contributed by atoms with Crippen LogP contribution in [0.3, 0.4) is 0 Å². The molecule has 3 fully saturated rings. The molecule has 0 unspecified atom stereocenters. The van der Waals surface area contributed by atoms with Crippen molar-refractivity contribution >= 4 is 44.6 Å². The van der Waals surface area contributed by atoms with Crippen LogP contribution in [-0.2, 0) is 24.4 Å². The van der Waals surface area contributed by atoms with Crippen molar-refractivity contribution in [1.82, 2.24) is 25.2 Å². The lowest BCUT2D eigenvalue weighted by atomic mass is 9.88. The first-order valence-corrected chi connectivity index (χ1v) is 18.9. The summed E-state index contributed by atoms with van der Waals surface area (Å²) >= 11 is 0. The van der Waals surface area contributed by atoms with Gasteiger partial charge < -0.3 is 30.1 Å². The zero-order valence-corrected chi connectivity index (χ0v) is 29.3. The fourth-order valence-electron chi connectivity index (χ4n) is 7.27. The summed E-state index contributed by atoms with van der Waals surface area (Å²) in [6.45, 7) is 6.19. The lowest BCUT2D eigenvalue weighted by Gasteiger charge is -2.32. The van der Waals surface area contributed by atoms with Gasteiger partial charge in [-0.15, -0.1) is 0 Å². The number of carboxylic acid groups (broad SMARTS) is 1. The molecule has 50 heavy (non-hydrogen) atoms. The summed E-state index contributed by atoms with van der Waals surface area (Å²) in [5, 5.41) is 15.8. The Labute approximate surface area is 291 Å². The molecule has 0 spiro atoms. The zero-order chi connectivity index (χ0) is 35.8. The Hall–Kier alpha value is -4.40. The van der Waals surface area contributed by atoms with Crippen LogP contribution in [0.5, 0.6) is 11.6 Å². The fourth-order valence-corrected chi connectivity index (χ4v) is 8.63. The molecule has 15 heteroatoms. The minimum atomic E-state index is -3.89. The van der Waals surface area contributed by atoms with E-state index in [1.165, 1.54) is 4.90 Å². The van der Waals surface area contributed by atoms with Gasteiger partial charge in [0.25, 0.3) is 5.91 Å². The highest BCUT2D eigenvalue weighted by atomic mass is 32.2. The third-order valence-electron chi connectivity index (χ3n) is 10.2. The minimum Gasteiger partial charge on any atom is -0.494 e. The van der Waals surface area contributed by atoms with Crippen molar-refractivity contribution in [3.8, 4) is 11.6 Å². The van der Waals surface area contributed by atoms with Crippen LogP contribution in [0.25, 0.3) is 10.8 Å². The molecule has 2 aromatic rings. The number of hydrogen-bond donors (Lipinski definition) is 4. The number of carbonyl (C=O) groups is 4. The van der Waals surface area contributed by atoms with E-state index in [2.05, 4.69) is 20.3 Å². The largest absolute Gasteiger partial charge is 0.494 e. The van der Waals surface area contributed by atoms with Gasteiger partial charge >= 0.3 is 6.09 Å². The third-order valence-corrected chi connectivity index (χ3v) is 12.0. The molecular formula is C35H45N5O9S. The molecule has 3 heterocycles. The summed E-state index contributed by atoms with van der Waals surface area (Å²) in [6, 6.07) is 5.01. The lowest BCUT2D eigenvalue weighted by molar-refractivity contribution is -0.142. The van der Waals surface area contributed by atoms with E-state index in [1.54, 1.807) is 12.3 Å². The Kier molecular flexibility index (Phi) is 9.98. The highest BCUT2D eigenvalue weighted by Gasteiger charge is 2.62. The van der Waals surface area contributed by atoms with Crippen molar-refractivity contribution in [2.45, 2.75) is 94.7 Å². The average Bonchev–Trinajstić information content (AvgIpc) is 3.98. The van der Waals surface area contributed by atoms with E-state index in [0.717, 1.165) is 11.8 Å². The van der Waals surface area contributed by atoms with Crippen LogP contribution in [0.2, 0.25) is 0 Å². The van der Waals surface area contributed by atoms with Gasteiger partial charge in [0.1, 0.15) is 29.5 Å². The molecule has 0 bridgehead atoms. The first-order chi connectivity index (χ1) is 23.8. The summed E-state index contributed by atoms with van der Waals surface area (Å²) in [5.41, 5.74) is -1.52. The van der Waals surface area contributed by atoms with Crippen molar-refractivity contribution in [1.29, 1.82) is 0 Å². The molecule has 0 radical (unpaired) electrons. The predicted molar refractivity (Wildman–Crippen MR) is 183 cm³/mol. The average molecular weight is 712 g/mol. The molecule has 1 aromatic carbocycles. The molecule has 6 rings (SSSR count). The van der Waals surface area contributed by atoms with Crippen LogP contribution < -0.4 is 24.8 Å². The van der Waals surface area contributed by atoms with E-state index in [0.29, 0.717) is 49.3 Å². The normalized spacial score (nSPS) is 30.3. The number of carbonyl (C=O) groups excluding carboxylic acids is 3. The first kappa shape index (κ1) is 35.4. The summed E-state index contributed by atoms with van der Waals surface area (Å²) in [5.74, 6) is -1.78. The monoisotopic (exact) mass is 711 g/mol. The van der Waals surface area contributed by atoms with Gasteiger partial charge in [0, 0.05) is 23.9 Å². The van der Waals surface area contributed by atoms with Crippen LogP contribution in [0.4, 0.5) is 4.79 Å². The van der Waals surface area contributed by atoms with Crippen LogP contribution in [0.15, 0.2) is 42.6 Å². The number of nitrogens with zero attached hydrogens (tertiary/aromatic N) is 2. The Morgan fingerprint density at radius 2 is 1.92 bits per heavy atom. The number of benzene rings is 1. The van der Waals surface area contributed by atoms with Crippen LogP contribution in [0.1, 0.15) is 65.7 Å². The van der Waals surface area contributed by atoms with Crippen molar-refractivity contribution in [3.05, 3.63) is 42.6 Å². The molecule has 1 aromatic heterocycles. The van der Waals surface area contributed by atoms with E-state index >= 15 is 0 Å². The molecule has 2 saturated carbocycles. The number of pyridine rings is 1. The second-order valence-corrected chi connectivity index (χ2v) is 16.1. The highest BCUT2D eigenvalue weighted by molar-refractivity contribution is 7.91. The molecule has 4 aliphatic rings. The highest BCUT2D eigenvalue weighted by Crippen LogP contribution is 2.46. The van der Waals surface area contributed by atoms with E-state index in [9.17, 15) is 32.7 Å². The quantitative estimate of drug-likeness (QED) is 0.296. The Morgan fingerprint density at radius 3 is 2.64 bits per heavy atom. The number of fused-ring (bicyclic) bond motifs is 3. The van der Waals surface area contributed by atoms with E-state index in [-0.39, 0.29) is 25.3 Å². The number of nitrogens with one attached hydrogen (secondary N) is 3. The molecular weight excluding hydrogens is 666 g/mol. The fraction of sp³-hybridized carbons (Fsp3) is 0.571. The second-order valence-electron chi connectivity index (χ2n) is 14.1.